The van der Waals surface area contributed by atoms with Crippen LogP contribution in [0, 0.1) is 0 Å². The SMILES string of the molecule is CC(=O)Oc1ccc2cc(S(=O)(=O)[O-])ccc2c1.O=C1C=C(S(=O)(=O)[O-])c2ccccc2C1=O.O=C1OC(=O)c2ccc(S(=O)(=O)[O-])c3cccc1c23.O=C1c2ccccc2C(=O)c2cc(S(=O)(=O)[O-])ccc21.O=S(=O)([O-])c1ccc2cc(O)c(O)cc2c1.O=S(=O)([O-])c1ccc2cc(O)ccc2c1.O=S(=O)([O-])c1ccc2ccccc2c1. The summed E-state index contributed by atoms with van der Waals surface area (Å²) in [6, 6.07) is 56.5. The van der Waals surface area contributed by atoms with Crippen molar-refractivity contribution in [2.45, 2.75) is 36.3 Å². The fourth-order valence-electron chi connectivity index (χ4n) is 11.5. The van der Waals surface area contributed by atoms with Crippen LogP contribution >= 0.6 is 0 Å². The number of allylic oxidation sites excluding steroid dienone is 1. The van der Waals surface area contributed by atoms with Crippen LogP contribution in [-0.2, 0) is 85.2 Å². The van der Waals surface area contributed by atoms with Crippen molar-refractivity contribution in [3.8, 4) is 23.0 Å². The van der Waals surface area contributed by atoms with Crippen LogP contribution in [0.25, 0.3) is 58.8 Å². The van der Waals surface area contributed by atoms with Crippen LogP contribution in [0.1, 0.15) is 75.4 Å². The molecule has 0 fully saturated rings. The van der Waals surface area contributed by atoms with Crippen molar-refractivity contribution in [1.82, 2.24) is 0 Å². The number of esters is 3. The van der Waals surface area contributed by atoms with Crippen LogP contribution in [0.4, 0.5) is 0 Å². The van der Waals surface area contributed by atoms with E-state index in [-0.39, 0.29) is 97.9 Å². The maximum Gasteiger partial charge on any atom is 0.346 e. The van der Waals surface area contributed by atoms with Gasteiger partial charge in [-0.2, -0.15) is 0 Å². The number of aromatic hydroxyl groups is 3. The van der Waals surface area contributed by atoms with Gasteiger partial charge in [0.15, 0.2) is 23.1 Å². The van der Waals surface area contributed by atoms with Crippen LogP contribution in [0.3, 0.4) is 0 Å². The fourth-order valence-corrected chi connectivity index (χ4v) is 15.4. The number of Topliss-reactive ketones (excluding diaryl/α,β-unsaturated/α-hetero) is 1. The monoisotopic (exact) mass is 1740 g/mol. The molecular weight excluding hydrogens is 1690 g/mol. The van der Waals surface area contributed by atoms with Gasteiger partial charge in [0.05, 0.1) is 45.4 Å². The summed E-state index contributed by atoms with van der Waals surface area (Å²) in [7, 11) is -31.9. The Morgan fingerprint density at radius 1 is 0.314 bits per heavy atom. The van der Waals surface area contributed by atoms with Gasteiger partial charge in [-0.1, -0.05) is 121 Å². The minimum Gasteiger partial charge on any atom is -0.744 e. The van der Waals surface area contributed by atoms with Crippen LogP contribution in [-0.4, -0.2) is 147 Å². The highest BCUT2D eigenvalue weighted by Gasteiger charge is 2.32. The largest absolute Gasteiger partial charge is 0.744 e. The molecule has 0 aromatic heterocycles. The minimum absolute atomic E-state index is 0.0119. The van der Waals surface area contributed by atoms with Gasteiger partial charge in [0.1, 0.15) is 82.3 Å². The van der Waals surface area contributed by atoms with Crippen LogP contribution in [0.15, 0.2) is 278 Å². The van der Waals surface area contributed by atoms with E-state index >= 15 is 0 Å². The molecule has 3 aliphatic rings. The molecule has 16 rings (SSSR count). The first-order valence-electron chi connectivity index (χ1n) is 32.6. The van der Waals surface area contributed by atoms with Gasteiger partial charge in [-0.3, -0.25) is 24.0 Å². The topological polar surface area (TPSA) is 599 Å². The fraction of sp³-hybridized carbons (Fsp3) is 0.0128. The molecule has 0 amide bonds. The first-order chi connectivity index (χ1) is 55.0. The Kier molecular flexibility index (Phi) is 25.2. The molecule has 0 spiro atoms. The number of carbonyl (C=O) groups excluding carboxylic acids is 7. The maximum absolute atomic E-state index is 12.3. The molecule has 33 nitrogen and oxygen atoms in total. The van der Waals surface area contributed by atoms with Gasteiger partial charge in [-0.25, -0.2) is 68.5 Å². The number of carbonyl (C=O) groups is 7. The molecule has 0 bridgehead atoms. The molecule has 0 unspecified atom stereocenters. The normalized spacial score (nSPS) is 13.1. The zero-order chi connectivity index (χ0) is 86.7. The van der Waals surface area contributed by atoms with E-state index in [1.807, 2.05) is 12.1 Å². The van der Waals surface area contributed by atoms with Crippen molar-refractivity contribution in [3.05, 3.63) is 293 Å². The van der Waals surface area contributed by atoms with Gasteiger partial charge in [-0.05, 0) is 164 Å². The summed E-state index contributed by atoms with van der Waals surface area (Å²) in [5.74, 6) is -4.96. The summed E-state index contributed by atoms with van der Waals surface area (Å²) in [6.45, 7) is 1.29. The van der Waals surface area contributed by atoms with Gasteiger partial charge in [-0.15, -0.1) is 0 Å². The van der Waals surface area contributed by atoms with E-state index in [0.717, 1.165) is 41.1 Å². The van der Waals surface area contributed by atoms with Gasteiger partial charge in [0.2, 0.25) is 11.6 Å². The molecular formula is C78H47O33S7-7. The molecule has 1 heterocycles. The molecule has 0 saturated carbocycles. The molecule has 1 aliphatic heterocycles. The molecule has 13 aromatic rings. The van der Waals surface area contributed by atoms with E-state index in [2.05, 4.69) is 4.74 Å². The summed E-state index contributed by atoms with van der Waals surface area (Å²) in [6.07, 6.45) is 0.576. The number of ketones is 4. The number of phenols is 3. The number of ether oxygens (including phenoxy) is 2. The van der Waals surface area contributed by atoms with Crippen molar-refractivity contribution in [3.63, 3.8) is 0 Å². The molecule has 0 atom stereocenters. The van der Waals surface area contributed by atoms with Gasteiger partial charge < -0.3 is 56.7 Å². The molecule has 2 aliphatic carbocycles. The van der Waals surface area contributed by atoms with Gasteiger partial charge >= 0.3 is 17.9 Å². The van der Waals surface area contributed by atoms with Crippen molar-refractivity contribution >= 4 is 171 Å². The Balaban J connectivity index is 0.000000145. The van der Waals surface area contributed by atoms with E-state index in [1.165, 1.54) is 159 Å². The zero-order valence-electron chi connectivity index (χ0n) is 59.1. The third kappa shape index (κ3) is 20.6. The Morgan fingerprint density at radius 2 is 0.669 bits per heavy atom. The predicted molar refractivity (Wildman–Crippen MR) is 407 cm³/mol. The highest BCUT2D eigenvalue weighted by Crippen LogP contribution is 2.36. The lowest BCUT2D eigenvalue weighted by atomic mass is 9.84. The quantitative estimate of drug-likeness (QED) is 0.0319. The molecule has 0 saturated heterocycles. The minimum atomic E-state index is -4.76. The summed E-state index contributed by atoms with van der Waals surface area (Å²) < 4.78 is 238. The van der Waals surface area contributed by atoms with Crippen molar-refractivity contribution in [1.29, 1.82) is 0 Å². The second kappa shape index (κ2) is 34.0. The lowest BCUT2D eigenvalue weighted by Gasteiger charge is -2.18. The molecule has 118 heavy (non-hydrogen) atoms. The Morgan fingerprint density at radius 3 is 1.16 bits per heavy atom. The van der Waals surface area contributed by atoms with Crippen molar-refractivity contribution < 1.29 is 149 Å². The summed E-state index contributed by atoms with van der Waals surface area (Å²) in [4.78, 5) is 78.3. The van der Waals surface area contributed by atoms with Crippen LogP contribution < -0.4 is 4.74 Å². The molecule has 606 valence electrons. The number of rotatable bonds is 8. The van der Waals surface area contributed by atoms with E-state index in [1.54, 1.807) is 48.5 Å². The Bertz CT molecular complexity index is 7330. The van der Waals surface area contributed by atoms with E-state index < -0.39 is 121 Å². The molecule has 40 heteroatoms. The van der Waals surface area contributed by atoms with Gasteiger partial charge in [0.25, 0.3) is 0 Å². The average Bonchev–Trinajstić information content (AvgIpc) is 0.788. The number of cyclic esters (lactones) is 2. The number of hydrogen-bond donors (Lipinski definition) is 3. The lowest BCUT2D eigenvalue weighted by molar-refractivity contribution is -0.131. The van der Waals surface area contributed by atoms with Crippen LogP contribution in [0.2, 0.25) is 0 Å². The zero-order valence-corrected chi connectivity index (χ0v) is 64.8. The summed E-state index contributed by atoms with van der Waals surface area (Å²) in [5.41, 5.74) is 0.627. The van der Waals surface area contributed by atoms with E-state index in [4.69, 9.17) is 4.74 Å². The first kappa shape index (κ1) is 87.3. The summed E-state index contributed by atoms with van der Waals surface area (Å²) >= 11 is 0. The third-order valence-corrected chi connectivity index (χ3v) is 22.8. The Hall–Kier alpha value is -13.0. The van der Waals surface area contributed by atoms with E-state index in [0.29, 0.717) is 44.1 Å². The molecule has 0 radical (unpaired) electrons. The third-order valence-electron chi connectivity index (χ3n) is 16.9. The number of hydrogen-bond acceptors (Lipinski definition) is 33. The Labute approximate surface area is 667 Å². The number of benzene rings is 13. The number of phenolic OH excluding ortho intramolecular Hbond substituents is 3. The van der Waals surface area contributed by atoms with Crippen LogP contribution in [0.5, 0.6) is 23.0 Å². The van der Waals surface area contributed by atoms with E-state index in [9.17, 15) is 140 Å². The van der Waals surface area contributed by atoms with Gasteiger partial charge in [0, 0.05) is 57.2 Å². The molecule has 13 aromatic carbocycles. The van der Waals surface area contributed by atoms with Crippen molar-refractivity contribution in [2.24, 2.45) is 0 Å². The highest BCUT2D eigenvalue weighted by molar-refractivity contribution is 7.95. The van der Waals surface area contributed by atoms with Crippen molar-refractivity contribution in [2.75, 3.05) is 0 Å². The standard InChI is InChI=1S/C14H8O5S.C12H6O6S.C12H10O5S.C10H8O5S.C10H6O5S.C10H8O4S.C10H8O3S/c15-13-9-3-1-2-4-10(9)14(16)12-7-8(20(17,18)19)5-6-11(12)13;13-11-7-3-1-2-6-9(19(15,16)17)5-4-8(10(6)7)12(14)18-11;1-8(13)17-11-4-2-10-7-12(18(14,15)16)5-3-9(10)6-11;11-9-4-6-1-2-8(16(13,14)15)3-7(6)5-10(9)12;11-8-5-9(16(13,14)15)6-3-1-2-4-7(6)10(8)12;11-9-3-1-8-6-10(15(12,13)14)4-2-7(8)5-9;11-14(12,13)10-6-5-8-3-1-2-4-9(8)7-10/h1-7H,(H,17,18,19);1-5H,(H,15,16,17);2-7H,1H3,(H,14,15,16);1-5,11-12H,(H,13,14,15);1-5H,(H,13,14,15);1-6,11H,(H,12,13,14);1-7H,(H,11,12,13)/p-7. The average molecular weight is 1740 g/mol. The molecule has 3 N–H and O–H groups in total. The summed E-state index contributed by atoms with van der Waals surface area (Å²) in [5, 5.41) is 32.9. The second-order valence-corrected chi connectivity index (χ2v) is 34.3. The first-order valence-corrected chi connectivity index (χ1v) is 42.5. The highest BCUT2D eigenvalue weighted by atomic mass is 32.2. The predicted octanol–water partition coefficient (Wildman–Crippen LogP) is 8.78. The number of fused-ring (bicyclic) bond motifs is 7. The maximum atomic E-state index is 12.3. The lowest BCUT2D eigenvalue weighted by Crippen LogP contribution is -2.21. The smallest absolute Gasteiger partial charge is 0.346 e. The second-order valence-electron chi connectivity index (χ2n) is 24.7.